The largest absolute Gasteiger partial charge is 0.497 e. The molecule has 0 atom stereocenters. The minimum absolute atomic E-state index is 0.110. The number of carbonyl (C=O) groups is 1. The van der Waals surface area contributed by atoms with E-state index >= 15 is 0 Å². The van der Waals surface area contributed by atoms with E-state index in [9.17, 15) is 20.2 Å². The molecule has 0 bridgehead atoms. The van der Waals surface area contributed by atoms with E-state index in [0.29, 0.717) is 22.6 Å². The Bertz CT molecular complexity index is 1140. The highest BCUT2D eigenvalue weighted by Crippen LogP contribution is 2.23. The quantitative estimate of drug-likeness (QED) is 0.146. The number of esters is 1. The highest BCUT2D eigenvalue weighted by molar-refractivity contribution is 5.92. The van der Waals surface area contributed by atoms with E-state index in [1.165, 1.54) is 24.3 Å². The van der Waals surface area contributed by atoms with E-state index < -0.39 is 10.9 Å². The molecule has 3 rings (SSSR count). The van der Waals surface area contributed by atoms with Crippen molar-refractivity contribution in [3.05, 3.63) is 99.6 Å². The van der Waals surface area contributed by atoms with Crippen LogP contribution in [0.2, 0.25) is 0 Å². The number of hydrogen-bond acceptors (Lipinski definition) is 6. The number of hydrogen-bond donors (Lipinski definition) is 0. The van der Waals surface area contributed by atoms with Crippen LogP contribution in [-0.2, 0) is 0 Å². The maximum absolute atomic E-state index is 12.3. The van der Waals surface area contributed by atoms with Crippen LogP contribution < -0.4 is 9.47 Å². The van der Waals surface area contributed by atoms with Gasteiger partial charge in [0.25, 0.3) is 5.69 Å². The Hall–Kier alpha value is -4.44. The van der Waals surface area contributed by atoms with Gasteiger partial charge in [-0.25, -0.2) is 4.79 Å². The summed E-state index contributed by atoms with van der Waals surface area (Å²) in [6.07, 6.45) is 1.69. The summed E-state index contributed by atoms with van der Waals surface area (Å²) in [6, 6.07) is 21.1. The van der Waals surface area contributed by atoms with E-state index in [1.807, 2.05) is 0 Å². The molecule has 0 aliphatic rings. The summed E-state index contributed by atoms with van der Waals surface area (Å²) in [4.78, 5) is 22.5. The lowest BCUT2D eigenvalue weighted by Crippen LogP contribution is -2.08. The van der Waals surface area contributed by atoms with Crippen molar-refractivity contribution in [3.8, 4) is 17.6 Å². The van der Waals surface area contributed by atoms with Crippen molar-refractivity contribution in [1.82, 2.24) is 0 Å². The van der Waals surface area contributed by atoms with Crippen LogP contribution in [-0.4, -0.2) is 18.0 Å². The summed E-state index contributed by atoms with van der Waals surface area (Å²) in [7, 11) is 1.57. The van der Waals surface area contributed by atoms with Crippen LogP contribution in [0.25, 0.3) is 11.6 Å². The molecular weight excluding hydrogens is 384 g/mol. The molecule has 0 aromatic heterocycles. The van der Waals surface area contributed by atoms with Crippen LogP contribution in [0.1, 0.15) is 21.5 Å². The highest BCUT2D eigenvalue weighted by atomic mass is 16.6. The standard InChI is InChI=1S/C23H16N2O5/c1-29-21-11-7-17(8-12-21)19(15-24)13-16-3-2-4-22(14-16)30-23(26)18-5-9-20(10-6-18)25(27)28/h2-14H,1H3/b19-13-. The SMILES string of the molecule is COc1ccc(/C(C#N)=C\c2cccc(OC(=O)c3ccc([N+](=O)[O-])cc3)c2)cc1. The van der Waals surface area contributed by atoms with Gasteiger partial charge in [-0.2, -0.15) is 5.26 Å². The molecule has 0 unspecified atom stereocenters. The number of allylic oxidation sites excluding steroid dienone is 1. The first-order valence-corrected chi connectivity index (χ1v) is 8.83. The Morgan fingerprint density at radius 2 is 1.67 bits per heavy atom. The van der Waals surface area contributed by atoms with Gasteiger partial charge >= 0.3 is 5.97 Å². The first-order valence-electron chi connectivity index (χ1n) is 8.83. The molecule has 3 aromatic carbocycles. The lowest BCUT2D eigenvalue weighted by Gasteiger charge is -2.06. The zero-order valence-corrected chi connectivity index (χ0v) is 15.9. The van der Waals surface area contributed by atoms with Gasteiger partial charge in [-0.1, -0.05) is 12.1 Å². The summed E-state index contributed by atoms with van der Waals surface area (Å²) in [5.41, 5.74) is 1.93. The second-order valence-corrected chi connectivity index (χ2v) is 6.16. The number of nitriles is 1. The fourth-order valence-electron chi connectivity index (χ4n) is 2.67. The molecule has 7 heteroatoms. The van der Waals surface area contributed by atoms with Crippen molar-refractivity contribution in [2.75, 3.05) is 7.11 Å². The third-order valence-electron chi connectivity index (χ3n) is 4.21. The molecule has 0 radical (unpaired) electrons. The van der Waals surface area contributed by atoms with Gasteiger partial charge in [-0.15, -0.1) is 0 Å². The van der Waals surface area contributed by atoms with Crippen molar-refractivity contribution in [1.29, 1.82) is 5.26 Å². The molecule has 0 heterocycles. The number of methoxy groups -OCH3 is 1. The zero-order chi connectivity index (χ0) is 21.5. The van der Waals surface area contributed by atoms with E-state index in [4.69, 9.17) is 9.47 Å². The molecule has 0 aliphatic carbocycles. The fraction of sp³-hybridized carbons (Fsp3) is 0.0435. The molecule has 0 saturated heterocycles. The monoisotopic (exact) mass is 400 g/mol. The van der Waals surface area contributed by atoms with Crippen molar-refractivity contribution >= 4 is 23.3 Å². The summed E-state index contributed by atoms with van der Waals surface area (Å²) >= 11 is 0. The van der Waals surface area contributed by atoms with Crippen molar-refractivity contribution in [2.24, 2.45) is 0 Å². The summed E-state index contributed by atoms with van der Waals surface area (Å²) in [6.45, 7) is 0. The highest BCUT2D eigenvalue weighted by Gasteiger charge is 2.12. The molecule has 148 valence electrons. The first-order chi connectivity index (χ1) is 14.5. The van der Waals surface area contributed by atoms with Gasteiger partial charge in [-0.05, 0) is 65.7 Å². The molecule has 0 fully saturated rings. The van der Waals surface area contributed by atoms with Gasteiger partial charge in [-0.3, -0.25) is 10.1 Å². The third-order valence-corrected chi connectivity index (χ3v) is 4.21. The normalized spacial score (nSPS) is 10.7. The topological polar surface area (TPSA) is 102 Å². The van der Waals surface area contributed by atoms with E-state index in [0.717, 1.165) is 5.56 Å². The maximum atomic E-state index is 12.3. The van der Waals surface area contributed by atoms with Crippen LogP contribution in [0.15, 0.2) is 72.8 Å². The van der Waals surface area contributed by atoms with Crippen LogP contribution >= 0.6 is 0 Å². The predicted octanol–water partition coefficient (Wildman–Crippen LogP) is 4.89. The van der Waals surface area contributed by atoms with Gasteiger partial charge in [0.1, 0.15) is 11.5 Å². The first kappa shape index (κ1) is 20.3. The lowest BCUT2D eigenvalue weighted by molar-refractivity contribution is -0.384. The molecule has 7 nitrogen and oxygen atoms in total. The smallest absolute Gasteiger partial charge is 0.343 e. The van der Waals surface area contributed by atoms with Gasteiger partial charge in [0.2, 0.25) is 0 Å². The Kier molecular flexibility index (Phi) is 6.20. The molecule has 30 heavy (non-hydrogen) atoms. The summed E-state index contributed by atoms with van der Waals surface area (Å²) in [5.74, 6) is 0.344. The van der Waals surface area contributed by atoms with Crippen LogP contribution in [0.3, 0.4) is 0 Å². The number of rotatable bonds is 6. The number of nitro groups is 1. The number of carbonyl (C=O) groups excluding carboxylic acids is 1. The van der Waals surface area contributed by atoms with Gasteiger partial charge in [0.15, 0.2) is 0 Å². The lowest BCUT2D eigenvalue weighted by atomic mass is 10.0. The number of benzene rings is 3. The van der Waals surface area contributed by atoms with E-state index in [-0.39, 0.29) is 11.3 Å². The Morgan fingerprint density at radius 1 is 1.00 bits per heavy atom. The number of non-ortho nitro benzene ring substituents is 1. The van der Waals surface area contributed by atoms with Crippen molar-refractivity contribution in [2.45, 2.75) is 0 Å². The number of ether oxygens (including phenoxy) is 2. The zero-order valence-electron chi connectivity index (χ0n) is 15.9. The van der Waals surface area contributed by atoms with Crippen LogP contribution in [0, 0.1) is 21.4 Å². The molecule has 0 aliphatic heterocycles. The minimum Gasteiger partial charge on any atom is -0.497 e. The van der Waals surface area contributed by atoms with Crippen LogP contribution in [0.5, 0.6) is 11.5 Å². The molecule has 0 amide bonds. The molecule has 0 N–H and O–H groups in total. The van der Waals surface area contributed by atoms with Crippen molar-refractivity contribution < 1.29 is 19.2 Å². The maximum Gasteiger partial charge on any atom is 0.343 e. The number of nitrogens with zero attached hydrogens (tertiary/aromatic N) is 2. The van der Waals surface area contributed by atoms with E-state index in [1.54, 1.807) is 61.7 Å². The fourth-order valence-corrected chi connectivity index (χ4v) is 2.67. The Balaban J connectivity index is 1.79. The van der Waals surface area contributed by atoms with E-state index in [2.05, 4.69) is 6.07 Å². The second kappa shape index (κ2) is 9.17. The van der Waals surface area contributed by atoms with Gasteiger partial charge in [0.05, 0.1) is 29.2 Å². The molecular formula is C23H16N2O5. The predicted molar refractivity (Wildman–Crippen MR) is 111 cm³/mol. The summed E-state index contributed by atoms with van der Waals surface area (Å²) < 4.78 is 10.5. The summed E-state index contributed by atoms with van der Waals surface area (Å²) in [5, 5.41) is 20.2. The molecule has 3 aromatic rings. The Labute approximate surface area is 172 Å². The average molecular weight is 400 g/mol. The van der Waals surface area contributed by atoms with Gasteiger partial charge in [0, 0.05) is 12.1 Å². The van der Waals surface area contributed by atoms with Gasteiger partial charge < -0.3 is 9.47 Å². The third kappa shape index (κ3) is 4.88. The van der Waals surface area contributed by atoms with Crippen LogP contribution in [0.4, 0.5) is 5.69 Å². The minimum atomic E-state index is -0.637. The molecule has 0 spiro atoms. The molecule has 0 saturated carbocycles. The number of nitro benzene ring substituents is 1. The Morgan fingerprint density at radius 3 is 2.27 bits per heavy atom. The van der Waals surface area contributed by atoms with Crippen molar-refractivity contribution in [3.63, 3.8) is 0 Å². The average Bonchev–Trinajstić information content (AvgIpc) is 2.78. The second-order valence-electron chi connectivity index (χ2n) is 6.16.